The maximum Gasteiger partial charge on any atom is 0.471 e. The first kappa shape index (κ1) is 31.3. The molecule has 34 heavy (non-hydrogen) atoms. The van der Waals surface area contributed by atoms with Crippen LogP contribution in [0.4, 0.5) is 0 Å². The highest BCUT2D eigenvalue weighted by Crippen LogP contribution is 2.40. The normalized spacial score (nSPS) is 11.1. The Morgan fingerprint density at radius 2 is 0.971 bits per heavy atom. The third-order valence-electron chi connectivity index (χ3n) is 3.66. The Morgan fingerprint density at radius 3 is 1.18 bits per heavy atom. The zero-order chi connectivity index (χ0) is 26.4. The Bertz CT molecular complexity index is 968. The predicted molar refractivity (Wildman–Crippen MR) is 123 cm³/mol. The van der Waals surface area contributed by atoms with Crippen LogP contribution in [0.5, 0.6) is 0 Å². The van der Waals surface area contributed by atoms with Crippen LogP contribution in [0.3, 0.4) is 0 Å². The summed E-state index contributed by atoms with van der Waals surface area (Å²) in [7, 11) is -2.90. The zero-order valence-corrected chi connectivity index (χ0v) is 20.5. The fraction of sp³-hybridized carbons (Fsp3) is 0.200. The summed E-state index contributed by atoms with van der Waals surface area (Å²) >= 11 is 0. The second kappa shape index (κ2) is 15.3. The first-order valence-corrected chi connectivity index (χ1v) is 12.0. The third kappa shape index (κ3) is 13.1. The molecule has 14 heteroatoms. The van der Waals surface area contributed by atoms with Crippen LogP contribution in [-0.2, 0) is 27.2 Å². The van der Waals surface area contributed by atoms with E-state index in [0.717, 1.165) is 39.6 Å². The number of carbonyl (C=O) groups is 2. The lowest BCUT2D eigenvalue weighted by Crippen LogP contribution is -1.96. The van der Waals surface area contributed by atoms with Crippen LogP contribution < -0.4 is 0 Å². The molecule has 0 saturated heterocycles. The lowest BCUT2D eigenvalue weighted by Gasteiger charge is -2.01. The van der Waals surface area contributed by atoms with E-state index in [4.69, 9.17) is 20.0 Å². The van der Waals surface area contributed by atoms with Gasteiger partial charge in [0.25, 0.3) is 0 Å². The van der Waals surface area contributed by atoms with Gasteiger partial charge in [-0.1, -0.05) is 36.4 Å². The third-order valence-corrected chi connectivity index (χ3v) is 5.50. The average molecular weight is 520 g/mol. The number of phosphoric ester groups is 2. The van der Waals surface area contributed by atoms with E-state index in [1.165, 1.54) is 12.1 Å². The molecular weight excluding hydrogens is 494 g/mol. The molecule has 4 N–H and O–H groups in total. The molecule has 188 valence electrons. The lowest BCUT2D eigenvalue weighted by atomic mass is 10.1. The lowest BCUT2D eigenvalue weighted by molar-refractivity contribution is 0.0686. The molecule has 2 rings (SSSR count). The fourth-order valence-corrected chi connectivity index (χ4v) is 2.19. The average Bonchev–Trinajstić information content (AvgIpc) is 2.84. The van der Waals surface area contributed by atoms with Crippen molar-refractivity contribution in [3.63, 3.8) is 0 Å². The van der Waals surface area contributed by atoms with Gasteiger partial charge >= 0.3 is 27.6 Å². The maximum absolute atomic E-state index is 10.9. The van der Waals surface area contributed by atoms with Crippen molar-refractivity contribution >= 4 is 39.7 Å². The largest absolute Gasteiger partial charge is 0.478 e. The molecule has 0 amide bonds. The summed E-state index contributed by atoms with van der Waals surface area (Å²) in [5, 5.41) is 17.8. The molecule has 0 aliphatic rings. The van der Waals surface area contributed by atoms with Crippen molar-refractivity contribution in [1.29, 1.82) is 0 Å². The summed E-state index contributed by atoms with van der Waals surface area (Å²) in [6.07, 6.45) is 3.49. The standard InChI is InChI=1S/C16H12O4.2C2H7O4P/c17-15(18)13-5-1-3-11(9-13)7-8-12-4-2-6-14(10-12)16(19)20;2*1-5-7(3,4)6-2/h1-10H,(H,17,18)(H,19,20);2*1-2H3,(H,3,4). The number of carboxylic acid groups (broad SMARTS) is 2. The second-order valence-corrected chi connectivity index (χ2v) is 9.20. The monoisotopic (exact) mass is 520 g/mol. The van der Waals surface area contributed by atoms with Gasteiger partial charge in [-0.2, -0.15) is 0 Å². The van der Waals surface area contributed by atoms with E-state index in [0.29, 0.717) is 0 Å². The highest BCUT2D eigenvalue weighted by atomic mass is 31.2. The molecule has 0 aromatic heterocycles. The zero-order valence-electron chi connectivity index (χ0n) is 18.7. The van der Waals surface area contributed by atoms with Crippen molar-refractivity contribution in [3.8, 4) is 0 Å². The molecule has 0 aliphatic heterocycles. The molecule has 0 fully saturated rings. The van der Waals surface area contributed by atoms with Gasteiger partial charge in [0.15, 0.2) is 0 Å². The van der Waals surface area contributed by atoms with Crippen molar-refractivity contribution in [2.45, 2.75) is 0 Å². The van der Waals surface area contributed by atoms with E-state index >= 15 is 0 Å². The molecule has 0 spiro atoms. The van der Waals surface area contributed by atoms with E-state index in [1.807, 2.05) is 0 Å². The Balaban J connectivity index is 0.000000642. The first-order valence-electron chi connectivity index (χ1n) is 9.04. The molecule has 0 bridgehead atoms. The summed E-state index contributed by atoms with van der Waals surface area (Å²) in [6, 6.07) is 13.0. The molecule has 0 saturated carbocycles. The smallest absolute Gasteiger partial charge is 0.471 e. The number of hydrogen-bond acceptors (Lipinski definition) is 8. The van der Waals surface area contributed by atoms with Crippen molar-refractivity contribution in [3.05, 3.63) is 70.8 Å². The van der Waals surface area contributed by atoms with Crippen LogP contribution in [0, 0.1) is 0 Å². The van der Waals surface area contributed by atoms with Gasteiger partial charge < -0.3 is 20.0 Å². The molecule has 12 nitrogen and oxygen atoms in total. The van der Waals surface area contributed by atoms with Crippen LogP contribution in [0.15, 0.2) is 48.5 Å². The van der Waals surface area contributed by atoms with E-state index in [1.54, 1.807) is 48.6 Å². The van der Waals surface area contributed by atoms with Gasteiger partial charge in [0.05, 0.1) is 11.1 Å². The van der Waals surface area contributed by atoms with Crippen LogP contribution in [0.25, 0.3) is 12.2 Å². The molecule has 0 radical (unpaired) electrons. The summed E-state index contributed by atoms with van der Waals surface area (Å²) in [5.41, 5.74) is 1.91. The van der Waals surface area contributed by atoms with Crippen molar-refractivity contribution in [1.82, 2.24) is 0 Å². The van der Waals surface area contributed by atoms with Gasteiger partial charge in [-0.3, -0.25) is 18.1 Å². The van der Waals surface area contributed by atoms with Gasteiger partial charge in [-0.25, -0.2) is 18.7 Å². The Kier molecular flexibility index (Phi) is 14.1. The van der Waals surface area contributed by atoms with Crippen LogP contribution in [0.1, 0.15) is 31.8 Å². The topological polar surface area (TPSA) is 186 Å². The van der Waals surface area contributed by atoms with E-state index in [9.17, 15) is 18.7 Å². The minimum atomic E-state index is -3.65. The van der Waals surface area contributed by atoms with Gasteiger partial charge in [-0.05, 0) is 35.4 Å². The minimum Gasteiger partial charge on any atom is -0.478 e. The molecule has 2 aromatic carbocycles. The molecule has 0 unspecified atom stereocenters. The highest BCUT2D eigenvalue weighted by Gasteiger charge is 2.14. The molecular formula is C20H26O12P2. The second-order valence-electron chi connectivity index (χ2n) is 5.86. The summed E-state index contributed by atoms with van der Waals surface area (Å²) < 4.78 is 36.0. The van der Waals surface area contributed by atoms with Crippen LogP contribution >= 0.6 is 15.6 Å². The summed E-state index contributed by atoms with van der Waals surface area (Å²) in [6.45, 7) is 0. The number of aromatic carboxylic acids is 2. The van der Waals surface area contributed by atoms with Crippen molar-refractivity contribution < 1.29 is 56.8 Å². The predicted octanol–water partition coefficient (Wildman–Crippen LogP) is 4.01. The van der Waals surface area contributed by atoms with Gasteiger partial charge in [0.2, 0.25) is 0 Å². The molecule has 0 heterocycles. The number of benzene rings is 2. The summed E-state index contributed by atoms with van der Waals surface area (Å²) in [4.78, 5) is 38.2. The van der Waals surface area contributed by atoms with E-state index in [-0.39, 0.29) is 11.1 Å². The first-order chi connectivity index (χ1) is 15.8. The molecule has 0 atom stereocenters. The van der Waals surface area contributed by atoms with Crippen molar-refractivity contribution in [2.24, 2.45) is 0 Å². The number of hydrogen-bond donors (Lipinski definition) is 4. The quantitative estimate of drug-likeness (QED) is 0.290. The molecule has 0 aliphatic carbocycles. The Hall–Kier alpha value is -2.66. The van der Waals surface area contributed by atoms with E-state index < -0.39 is 27.6 Å². The van der Waals surface area contributed by atoms with Gasteiger partial charge in [-0.15, -0.1) is 0 Å². The van der Waals surface area contributed by atoms with Crippen LogP contribution in [0.2, 0.25) is 0 Å². The fourth-order valence-electron chi connectivity index (χ4n) is 1.89. The summed E-state index contributed by atoms with van der Waals surface area (Å²) in [5.74, 6) is -1.96. The maximum atomic E-state index is 10.9. The number of phosphoric acid groups is 2. The van der Waals surface area contributed by atoms with Gasteiger partial charge in [0.1, 0.15) is 0 Å². The van der Waals surface area contributed by atoms with Gasteiger partial charge in [0, 0.05) is 28.4 Å². The minimum absolute atomic E-state index is 0.214. The highest BCUT2D eigenvalue weighted by molar-refractivity contribution is 7.47. The number of carboxylic acids is 2. The van der Waals surface area contributed by atoms with Crippen molar-refractivity contribution in [2.75, 3.05) is 28.4 Å². The Labute approximate surface area is 196 Å². The van der Waals surface area contributed by atoms with E-state index in [2.05, 4.69) is 18.1 Å². The van der Waals surface area contributed by atoms with Crippen LogP contribution in [-0.4, -0.2) is 60.4 Å². The Morgan fingerprint density at radius 1 is 0.676 bits per heavy atom. The SMILES string of the molecule is COP(=O)(O)OC.COP(=O)(O)OC.O=C(O)c1cccc(C=Cc2cccc(C(=O)O)c2)c1. The molecule has 2 aromatic rings. The number of rotatable bonds is 8.